The first-order valence-corrected chi connectivity index (χ1v) is 9.45. The van der Waals surface area contributed by atoms with Crippen LogP contribution in [0, 0.1) is 5.41 Å². The van der Waals surface area contributed by atoms with E-state index < -0.39 is 9.71 Å². The van der Waals surface area contributed by atoms with Crippen LogP contribution in [0.25, 0.3) is 0 Å². The molecule has 0 aliphatic heterocycles. The van der Waals surface area contributed by atoms with Crippen molar-refractivity contribution in [2.45, 2.75) is 66.6 Å². The van der Waals surface area contributed by atoms with Crippen LogP contribution in [0.15, 0.2) is 12.4 Å². The molecule has 1 aromatic rings. The monoisotopic (exact) mass is 313 g/mol. The zero-order chi connectivity index (χ0) is 16.6. The highest BCUT2D eigenvalue weighted by Gasteiger charge is 2.29. The maximum absolute atomic E-state index is 12.5. The number of imidazole rings is 1. The van der Waals surface area contributed by atoms with Gasteiger partial charge in [-0.3, -0.25) is 4.21 Å². The molecule has 0 aliphatic rings. The third-order valence-electron chi connectivity index (χ3n) is 3.92. The fourth-order valence-corrected chi connectivity index (χ4v) is 3.86. The standard InChI is InChI=1S/C16H31N3OS/c1-13(15(2,3)4)18-11-10-17-14(18)12-19(16(5,6)7)21(8,9)20/h10-11,13H,8,12H2,1-7,9H3/t13-,21?/m0/s1. The van der Waals surface area contributed by atoms with Crippen LogP contribution in [0.3, 0.4) is 0 Å². The Bertz CT molecular complexity index is 573. The second-order valence-corrected chi connectivity index (χ2v) is 10.3. The van der Waals surface area contributed by atoms with E-state index in [2.05, 4.69) is 63.9 Å². The molecule has 1 rings (SSSR count). The molecular formula is C16H31N3OS. The van der Waals surface area contributed by atoms with E-state index in [1.165, 1.54) is 0 Å². The van der Waals surface area contributed by atoms with E-state index in [1.54, 1.807) is 6.26 Å². The van der Waals surface area contributed by atoms with Crippen molar-refractivity contribution in [2.24, 2.45) is 5.41 Å². The summed E-state index contributed by atoms with van der Waals surface area (Å²) in [6.45, 7) is 15.6. The Morgan fingerprint density at radius 3 is 2.24 bits per heavy atom. The lowest BCUT2D eigenvalue weighted by Crippen LogP contribution is -2.45. The Kier molecular flexibility index (Phi) is 5.01. The topological polar surface area (TPSA) is 38.1 Å². The largest absolute Gasteiger partial charge is 0.331 e. The van der Waals surface area contributed by atoms with E-state index in [9.17, 15) is 4.21 Å². The molecular weight excluding hydrogens is 282 g/mol. The molecule has 0 saturated heterocycles. The lowest BCUT2D eigenvalue weighted by molar-refractivity contribution is 0.225. The van der Waals surface area contributed by atoms with Gasteiger partial charge in [-0.1, -0.05) is 20.8 Å². The van der Waals surface area contributed by atoms with Crippen molar-refractivity contribution >= 4 is 15.6 Å². The van der Waals surface area contributed by atoms with Crippen molar-refractivity contribution in [1.29, 1.82) is 0 Å². The molecule has 1 heterocycles. The second kappa shape index (κ2) is 5.76. The highest BCUT2D eigenvalue weighted by Crippen LogP contribution is 2.31. The van der Waals surface area contributed by atoms with Crippen LogP contribution >= 0.6 is 0 Å². The van der Waals surface area contributed by atoms with Crippen molar-refractivity contribution in [2.75, 3.05) is 6.26 Å². The molecule has 2 atom stereocenters. The first kappa shape index (κ1) is 18.2. The molecule has 0 saturated carbocycles. The minimum absolute atomic E-state index is 0.139. The zero-order valence-corrected chi connectivity index (χ0v) is 15.6. The number of hydrogen-bond acceptors (Lipinski definition) is 2. The molecule has 0 bridgehead atoms. The Hall–Kier alpha value is -0.810. The second-order valence-electron chi connectivity index (χ2n) is 7.96. The lowest BCUT2D eigenvalue weighted by Gasteiger charge is -2.37. The zero-order valence-electron chi connectivity index (χ0n) is 14.8. The highest BCUT2D eigenvalue weighted by atomic mass is 32.2. The van der Waals surface area contributed by atoms with Gasteiger partial charge < -0.3 is 4.57 Å². The van der Waals surface area contributed by atoms with Gasteiger partial charge in [-0.15, -0.1) is 0 Å². The van der Waals surface area contributed by atoms with E-state index >= 15 is 0 Å². The van der Waals surface area contributed by atoms with Crippen LogP contribution in [0.2, 0.25) is 0 Å². The van der Waals surface area contributed by atoms with Gasteiger partial charge in [-0.05, 0) is 39.0 Å². The lowest BCUT2D eigenvalue weighted by atomic mass is 9.88. The molecule has 0 amide bonds. The van der Waals surface area contributed by atoms with Gasteiger partial charge in [-0.25, -0.2) is 9.29 Å². The van der Waals surface area contributed by atoms with E-state index in [4.69, 9.17) is 0 Å². The van der Waals surface area contributed by atoms with E-state index in [-0.39, 0.29) is 11.0 Å². The maximum atomic E-state index is 12.5. The Morgan fingerprint density at radius 1 is 1.33 bits per heavy atom. The SMILES string of the molecule is C=S(C)(=O)N(Cc1nccn1[C@@H](C)C(C)(C)C)C(C)(C)C. The molecule has 122 valence electrons. The van der Waals surface area contributed by atoms with Crippen molar-refractivity contribution in [3.63, 3.8) is 0 Å². The van der Waals surface area contributed by atoms with Gasteiger partial charge in [0.15, 0.2) is 0 Å². The highest BCUT2D eigenvalue weighted by molar-refractivity contribution is 7.97. The average Bonchev–Trinajstić information content (AvgIpc) is 2.67. The van der Waals surface area contributed by atoms with Crippen molar-refractivity contribution in [3.05, 3.63) is 18.2 Å². The van der Waals surface area contributed by atoms with Gasteiger partial charge in [0.2, 0.25) is 0 Å². The van der Waals surface area contributed by atoms with Crippen LogP contribution in [0.5, 0.6) is 0 Å². The van der Waals surface area contributed by atoms with Gasteiger partial charge in [0, 0.05) is 39.9 Å². The predicted octanol–water partition coefficient (Wildman–Crippen LogP) is 3.35. The van der Waals surface area contributed by atoms with Gasteiger partial charge in [-0.2, -0.15) is 0 Å². The summed E-state index contributed by atoms with van der Waals surface area (Å²) in [7, 11) is -2.30. The predicted molar refractivity (Wildman–Crippen MR) is 92.9 cm³/mol. The first-order valence-electron chi connectivity index (χ1n) is 7.36. The molecule has 5 heteroatoms. The van der Waals surface area contributed by atoms with Crippen LogP contribution < -0.4 is 0 Å². The van der Waals surface area contributed by atoms with Gasteiger partial charge in [0.25, 0.3) is 0 Å². The molecule has 0 radical (unpaired) electrons. The summed E-state index contributed by atoms with van der Waals surface area (Å²) in [5.41, 5.74) is -0.0879. The van der Waals surface area contributed by atoms with Gasteiger partial charge in [0.1, 0.15) is 5.82 Å². The summed E-state index contributed by atoms with van der Waals surface area (Å²) in [5.74, 6) is 4.79. The summed E-state index contributed by atoms with van der Waals surface area (Å²) in [5, 5.41) is 0. The van der Waals surface area contributed by atoms with E-state index in [0.29, 0.717) is 12.6 Å². The minimum Gasteiger partial charge on any atom is -0.331 e. The smallest absolute Gasteiger partial charge is 0.124 e. The minimum atomic E-state index is -2.30. The summed E-state index contributed by atoms with van der Waals surface area (Å²) in [6.07, 6.45) is 5.52. The summed E-state index contributed by atoms with van der Waals surface area (Å²) in [6, 6.07) is 0.314. The van der Waals surface area contributed by atoms with Crippen LogP contribution in [0.4, 0.5) is 0 Å². The summed E-state index contributed by atoms with van der Waals surface area (Å²) >= 11 is 0. The average molecular weight is 314 g/mol. The van der Waals surface area contributed by atoms with Crippen molar-refractivity contribution in [3.8, 4) is 0 Å². The molecule has 21 heavy (non-hydrogen) atoms. The van der Waals surface area contributed by atoms with Crippen molar-refractivity contribution in [1.82, 2.24) is 13.9 Å². The third-order valence-corrected chi connectivity index (χ3v) is 5.53. The summed E-state index contributed by atoms with van der Waals surface area (Å²) in [4.78, 5) is 4.49. The Morgan fingerprint density at radius 2 is 1.86 bits per heavy atom. The fourth-order valence-electron chi connectivity index (χ4n) is 2.32. The number of nitrogens with zero attached hydrogens (tertiary/aromatic N) is 3. The number of rotatable bonds is 4. The fraction of sp³-hybridized carbons (Fsp3) is 0.750. The quantitative estimate of drug-likeness (QED) is 0.800. The molecule has 0 N–H and O–H groups in total. The molecule has 0 aromatic carbocycles. The van der Waals surface area contributed by atoms with Crippen LogP contribution in [-0.2, 0) is 16.3 Å². The molecule has 4 nitrogen and oxygen atoms in total. The first-order chi connectivity index (χ1) is 9.24. The number of hydrogen-bond donors (Lipinski definition) is 0. The molecule has 0 spiro atoms. The normalized spacial score (nSPS) is 17.8. The Balaban J connectivity index is 3.17. The molecule has 0 aliphatic carbocycles. The summed E-state index contributed by atoms with van der Waals surface area (Å²) < 4.78 is 16.6. The van der Waals surface area contributed by atoms with Crippen LogP contribution in [-0.4, -0.2) is 35.7 Å². The van der Waals surface area contributed by atoms with Gasteiger partial charge >= 0.3 is 0 Å². The Labute approximate surface area is 130 Å². The number of aromatic nitrogens is 2. The van der Waals surface area contributed by atoms with Gasteiger partial charge in [0.05, 0.1) is 6.54 Å². The maximum Gasteiger partial charge on any atom is 0.124 e. The molecule has 1 unspecified atom stereocenters. The van der Waals surface area contributed by atoms with Crippen LogP contribution in [0.1, 0.15) is 60.3 Å². The third kappa shape index (κ3) is 4.58. The van der Waals surface area contributed by atoms with E-state index in [1.807, 2.05) is 16.7 Å². The van der Waals surface area contributed by atoms with E-state index in [0.717, 1.165) is 5.82 Å². The van der Waals surface area contributed by atoms with Crippen molar-refractivity contribution < 1.29 is 4.21 Å². The molecule has 1 aromatic heterocycles. The molecule has 0 fully saturated rings.